The Labute approximate surface area is 147 Å². The van der Waals surface area contributed by atoms with Crippen LogP contribution in [0.2, 0.25) is 5.02 Å². The van der Waals surface area contributed by atoms with Crippen LogP contribution in [0.25, 0.3) is 0 Å². The van der Waals surface area contributed by atoms with E-state index in [1.54, 1.807) is 24.3 Å². The maximum Gasteiger partial charge on any atom is 0.242 e. The highest BCUT2D eigenvalue weighted by molar-refractivity contribution is 7.89. The minimum Gasteiger partial charge on any atom is -0.207 e. The summed E-state index contributed by atoms with van der Waals surface area (Å²) in [6.07, 6.45) is 0. The van der Waals surface area contributed by atoms with Gasteiger partial charge in [0, 0.05) is 25.7 Å². The van der Waals surface area contributed by atoms with Crippen molar-refractivity contribution in [2.24, 2.45) is 0 Å². The van der Waals surface area contributed by atoms with Crippen LogP contribution in [0.1, 0.15) is 5.56 Å². The first-order valence-corrected chi connectivity index (χ1v) is 10.2. The molecule has 0 aromatic heterocycles. The second-order valence-electron chi connectivity index (χ2n) is 5.18. The van der Waals surface area contributed by atoms with Crippen LogP contribution in [0, 0.1) is 0 Å². The van der Waals surface area contributed by atoms with Gasteiger partial charge in [0.2, 0.25) is 20.0 Å². The molecule has 0 atom stereocenters. The second-order valence-corrected chi connectivity index (χ2v) is 9.50. The zero-order chi connectivity index (χ0) is 18.0. The van der Waals surface area contributed by atoms with E-state index in [1.807, 2.05) is 0 Å². The number of sulfonamides is 2. The highest BCUT2D eigenvalue weighted by atomic mass is 35.5. The Morgan fingerprint density at radius 2 is 1.67 bits per heavy atom. The fourth-order valence-corrected chi connectivity index (χ4v) is 4.41. The Morgan fingerprint density at radius 3 is 2.29 bits per heavy atom. The minimum absolute atomic E-state index is 0.0166. The molecule has 0 bridgehead atoms. The normalized spacial score (nSPS) is 12.5. The quantitative estimate of drug-likeness (QED) is 0.821. The largest absolute Gasteiger partial charge is 0.242 e. The van der Waals surface area contributed by atoms with Crippen LogP contribution in [0.4, 0.5) is 0 Å². The van der Waals surface area contributed by atoms with Gasteiger partial charge >= 0.3 is 0 Å². The Kier molecular flexibility index (Phi) is 5.67. The van der Waals surface area contributed by atoms with Crippen molar-refractivity contribution in [3.63, 3.8) is 0 Å². The monoisotopic (exact) mass is 388 g/mol. The van der Waals surface area contributed by atoms with E-state index < -0.39 is 20.0 Å². The van der Waals surface area contributed by atoms with Gasteiger partial charge in [0.1, 0.15) is 0 Å². The molecule has 0 unspecified atom stereocenters. The van der Waals surface area contributed by atoms with Gasteiger partial charge in [-0.05, 0) is 29.8 Å². The van der Waals surface area contributed by atoms with Crippen molar-refractivity contribution in [2.45, 2.75) is 16.3 Å². The third kappa shape index (κ3) is 4.14. The number of benzene rings is 2. The lowest BCUT2D eigenvalue weighted by Gasteiger charge is -2.15. The summed E-state index contributed by atoms with van der Waals surface area (Å²) in [5, 5.41) is 0.300. The molecule has 0 aliphatic carbocycles. The third-order valence-corrected chi connectivity index (χ3v) is 6.84. The Hall–Kier alpha value is -1.45. The van der Waals surface area contributed by atoms with E-state index in [-0.39, 0.29) is 16.3 Å². The van der Waals surface area contributed by atoms with Gasteiger partial charge in [-0.3, -0.25) is 0 Å². The molecule has 2 rings (SSSR count). The third-order valence-electron chi connectivity index (χ3n) is 3.29. The zero-order valence-electron chi connectivity index (χ0n) is 13.1. The summed E-state index contributed by atoms with van der Waals surface area (Å²) in [6, 6.07) is 12.1. The fourth-order valence-electron chi connectivity index (χ4n) is 1.99. The maximum absolute atomic E-state index is 12.3. The first kappa shape index (κ1) is 18.9. The van der Waals surface area contributed by atoms with Crippen LogP contribution in [0.5, 0.6) is 0 Å². The molecule has 2 aromatic carbocycles. The van der Waals surface area contributed by atoms with Crippen molar-refractivity contribution in [3.8, 4) is 0 Å². The number of halogens is 1. The smallest absolute Gasteiger partial charge is 0.207 e. The van der Waals surface area contributed by atoms with E-state index >= 15 is 0 Å². The molecule has 0 saturated carbocycles. The second kappa shape index (κ2) is 7.20. The lowest BCUT2D eigenvalue weighted by molar-refractivity contribution is 0.519. The molecule has 24 heavy (non-hydrogen) atoms. The number of hydrogen-bond donors (Lipinski definition) is 1. The number of nitrogens with zero attached hydrogens (tertiary/aromatic N) is 1. The lowest BCUT2D eigenvalue weighted by Crippen LogP contribution is -2.27. The molecule has 0 aliphatic rings. The standard InChI is InChI=1S/C15H17ClN2O4S2/c1-18(2)24(21,22)15-9-4-3-6-12(15)11-17-23(19,20)14-8-5-7-13(16)10-14/h3-10,17H,11H2,1-2H3. The average molecular weight is 389 g/mol. The molecule has 0 heterocycles. The molecule has 0 spiro atoms. The first-order chi connectivity index (χ1) is 11.1. The highest BCUT2D eigenvalue weighted by Gasteiger charge is 2.22. The van der Waals surface area contributed by atoms with Crippen molar-refractivity contribution in [3.05, 3.63) is 59.1 Å². The van der Waals surface area contributed by atoms with Gasteiger partial charge in [-0.2, -0.15) is 0 Å². The molecule has 0 saturated heterocycles. The highest BCUT2D eigenvalue weighted by Crippen LogP contribution is 2.20. The summed E-state index contributed by atoms with van der Waals surface area (Å²) in [5.41, 5.74) is 0.358. The molecule has 6 nitrogen and oxygen atoms in total. The van der Waals surface area contributed by atoms with Crippen molar-refractivity contribution in [1.82, 2.24) is 9.03 Å². The maximum atomic E-state index is 12.3. The van der Waals surface area contributed by atoms with Gasteiger partial charge in [-0.15, -0.1) is 0 Å². The summed E-state index contributed by atoms with van der Waals surface area (Å²) in [4.78, 5) is 0.0757. The summed E-state index contributed by atoms with van der Waals surface area (Å²) >= 11 is 5.81. The molecule has 9 heteroatoms. The van der Waals surface area contributed by atoms with Gasteiger partial charge in [-0.1, -0.05) is 35.9 Å². The molecular formula is C15H17ClN2O4S2. The Morgan fingerprint density at radius 1 is 1.00 bits per heavy atom. The molecule has 0 amide bonds. The number of hydrogen-bond acceptors (Lipinski definition) is 4. The van der Waals surface area contributed by atoms with Crippen molar-refractivity contribution in [2.75, 3.05) is 14.1 Å². The fraction of sp³-hybridized carbons (Fsp3) is 0.200. The van der Waals surface area contributed by atoms with E-state index in [2.05, 4.69) is 4.72 Å². The van der Waals surface area contributed by atoms with Crippen LogP contribution in [-0.4, -0.2) is 35.2 Å². The summed E-state index contributed by atoms with van der Waals surface area (Å²) in [6.45, 7) is -0.155. The molecular weight excluding hydrogens is 372 g/mol. The number of rotatable bonds is 6. The van der Waals surface area contributed by atoms with Gasteiger partial charge in [-0.25, -0.2) is 25.9 Å². The van der Waals surface area contributed by atoms with E-state index in [4.69, 9.17) is 11.6 Å². The molecule has 0 aliphatic heterocycles. The van der Waals surface area contributed by atoms with Crippen LogP contribution < -0.4 is 4.72 Å². The predicted octanol–water partition coefficient (Wildman–Crippen LogP) is 2.07. The van der Waals surface area contributed by atoms with Crippen LogP contribution in [0.3, 0.4) is 0 Å². The van der Waals surface area contributed by atoms with Gasteiger partial charge in [0.25, 0.3) is 0 Å². The van der Waals surface area contributed by atoms with Crippen LogP contribution >= 0.6 is 11.6 Å². The Bertz CT molecular complexity index is 941. The van der Waals surface area contributed by atoms with Crippen molar-refractivity contribution in [1.29, 1.82) is 0 Å². The van der Waals surface area contributed by atoms with Crippen LogP contribution in [0.15, 0.2) is 58.3 Å². The summed E-state index contributed by atoms with van der Waals surface area (Å²) in [5.74, 6) is 0. The zero-order valence-corrected chi connectivity index (χ0v) is 15.5. The van der Waals surface area contributed by atoms with E-state index in [9.17, 15) is 16.8 Å². The SMILES string of the molecule is CN(C)S(=O)(=O)c1ccccc1CNS(=O)(=O)c1cccc(Cl)c1. The van der Waals surface area contributed by atoms with Gasteiger partial charge < -0.3 is 0 Å². The van der Waals surface area contributed by atoms with Gasteiger partial charge in [0.05, 0.1) is 9.79 Å². The van der Waals surface area contributed by atoms with E-state index in [0.717, 1.165) is 4.31 Å². The topological polar surface area (TPSA) is 83.6 Å². The van der Waals surface area contributed by atoms with Crippen molar-refractivity contribution < 1.29 is 16.8 Å². The van der Waals surface area contributed by atoms with E-state index in [0.29, 0.717) is 10.6 Å². The van der Waals surface area contributed by atoms with E-state index in [1.165, 1.54) is 38.4 Å². The molecule has 1 N–H and O–H groups in total. The summed E-state index contributed by atoms with van der Waals surface area (Å²) in [7, 11) is -4.64. The van der Waals surface area contributed by atoms with Gasteiger partial charge in [0.15, 0.2) is 0 Å². The Balaban J connectivity index is 2.31. The molecule has 130 valence electrons. The minimum atomic E-state index is -3.81. The molecule has 0 radical (unpaired) electrons. The average Bonchev–Trinajstić information content (AvgIpc) is 2.53. The number of nitrogens with one attached hydrogen (secondary N) is 1. The summed E-state index contributed by atoms with van der Waals surface area (Å²) < 4.78 is 52.8. The lowest BCUT2D eigenvalue weighted by atomic mass is 10.2. The van der Waals surface area contributed by atoms with Crippen LogP contribution in [-0.2, 0) is 26.6 Å². The molecule has 0 fully saturated rings. The van der Waals surface area contributed by atoms with Crippen molar-refractivity contribution >= 4 is 31.6 Å². The molecule has 2 aromatic rings. The predicted molar refractivity (Wildman–Crippen MR) is 92.8 cm³/mol. The first-order valence-electron chi connectivity index (χ1n) is 6.90.